The van der Waals surface area contributed by atoms with E-state index in [-0.39, 0.29) is 32.0 Å². The molecule has 21 heavy (non-hydrogen) atoms. The van der Waals surface area contributed by atoms with E-state index in [4.69, 9.17) is 0 Å². The molecule has 116 valence electrons. The summed E-state index contributed by atoms with van der Waals surface area (Å²) in [5, 5.41) is 0.866. The van der Waals surface area contributed by atoms with Gasteiger partial charge in [-0.05, 0) is 12.1 Å². The average Bonchev–Trinajstić information content (AvgIpc) is 2.47. The number of nitrogens with zero attached hydrogens (tertiary/aromatic N) is 3. The second kappa shape index (κ2) is 5.64. The lowest BCUT2D eigenvalue weighted by atomic mass is 10.2. The summed E-state index contributed by atoms with van der Waals surface area (Å²) in [4.78, 5) is 5.55. The lowest BCUT2D eigenvalue weighted by molar-refractivity contribution is -0.137. The Labute approximate surface area is 120 Å². The summed E-state index contributed by atoms with van der Waals surface area (Å²) in [6, 6.07) is 1.87. The summed E-state index contributed by atoms with van der Waals surface area (Å²) in [7, 11) is -3.49. The number of hydrogen-bond acceptors (Lipinski definition) is 4. The van der Waals surface area contributed by atoms with Gasteiger partial charge in [-0.3, -0.25) is 0 Å². The number of piperazine rings is 1. The van der Waals surface area contributed by atoms with Gasteiger partial charge in [0, 0.05) is 37.8 Å². The Bertz CT molecular complexity index is 623. The Kier molecular flexibility index (Phi) is 4.24. The molecule has 0 saturated carbocycles. The molecule has 0 atom stereocenters. The molecule has 2 heterocycles. The van der Waals surface area contributed by atoms with Crippen molar-refractivity contribution < 1.29 is 21.6 Å². The van der Waals surface area contributed by atoms with E-state index in [1.54, 1.807) is 4.90 Å². The van der Waals surface area contributed by atoms with E-state index in [0.717, 1.165) is 23.7 Å². The molecule has 9 heteroatoms. The molecule has 0 unspecified atom stereocenters. The Morgan fingerprint density at radius 3 is 2.38 bits per heavy atom. The fraction of sp³-hybridized carbons (Fsp3) is 0.417. The highest BCUT2D eigenvalue weighted by Gasteiger charge is 2.32. The zero-order chi connectivity index (χ0) is 15.7. The molecular formula is C12H14F3N3O2S. The Balaban J connectivity index is 2.11. The van der Waals surface area contributed by atoms with E-state index in [1.165, 1.54) is 4.31 Å². The van der Waals surface area contributed by atoms with Gasteiger partial charge in [-0.1, -0.05) is 6.58 Å². The first-order valence-corrected chi connectivity index (χ1v) is 7.65. The maximum atomic E-state index is 12.7. The molecule has 0 aromatic carbocycles. The van der Waals surface area contributed by atoms with E-state index < -0.39 is 21.8 Å². The molecule has 0 aliphatic carbocycles. The molecule has 2 rings (SSSR count). The van der Waals surface area contributed by atoms with Gasteiger partial charge in [0.1, 0.15) is 5.82 Å². The minimum Gasteiger partial charge on any atom is -0.354 e. The zero-order valence-corrected chi connectivity index (χ0v) is 11.9. The molecule has 0 spiro atoms. The van der Waals surface area contributed by atoms with Gasteiger partial charge in [0.25, 0.3) is 0 Å². The first-order chi connectivity index (χ1) is 9.74. The van der Waals surface area contributed by atoms with Crippen LogP contribution in [0, 0.1) is 0 Å². The molecule has 0 N–H and O–H groups in total. The van der Waals surface area contributed by atoms with Crippen molar-refractivity contribution in [3.8, 4) is 0 Å². The Hall–Kier alpha value is -1.61. The second-order valence-corrected chi connectivity index (χ2v) is 6.38. The van der Waals surface area contributed by atoms with E-state index in [0.29, 0.717) is 0 Å². The summed E-state index contributed by atoms with van der Waals surface area (Å²) in [6.45, 7) is 4.17. The van der Waals surface area contributed by atoms with Gasteiger partial charge >= 0.3 is 6.18 Å². The topological polar surface area (TPSA) is 53.5 Å². The first kappa shape index (κ1) is 15.8. The number of sulfonamides is 1. The van der Waals surface area contributed by atoms with Crippen molar-refractivity contribution in [2.75, 3.05) is 31.1 Å². The summed E-state index contributed by atoms with van der Waals surface area (Å²) < 4.78 is 62.4. The lowest BCUT2D eigenvalue weighted by Gasteiger charge is -2.34. The summed E-state index contributed by atoms with van der Waals surface area (Å²) in [6.07, 6.45) is -3.32. The van der Waals surface area contributed by atoms with Gasteiger partial charge in [-0.15, -0.1) is 0 Å². The molecule has 5 nitrogen and oxygen atoms in total. The fourth-order valence-electron chi connectivity index (χ4n) is 2.04. The molecule has 1 aromatic heterocycles. The van der Waals surface area contributed by atoms with Crippen molar-refractivity contribution in [3.05, 3.63) is 35.9 Å². The van der Waals surface area contributed by atoms with Crippen LogP contribution in [-0.4, -0.2) is 43.9 Å². The van der Waals surface area contributed by atoms with Crippen LogP contribution in [0.1, 0.15) is 5.56 Å². The van der Waals surface area contributed by atoms with Gasteiger partial charge in [-0.2, -0.15) is 17.5 Å². The molecule has 0 radical (unpaired) electrons. The van der Waals surface area contributed by atoms with Gasteiger partial charge in [-0.25, -0.2) is 13.4 Å². The molecule has 0 amide bonds. The highest BCUT2D eigenvalue weighted by atomic mass is 32.2. The van der Waals surface area contributed by atoms with Crippen LogP contribution in [0.4, 0.5) is 19.0 Å². The highest BCUT2D eigenvalue weighted by Crippen LogP contribution is 2.30. The number of pyridine rings is 1. The van der Waals surface area contributed by atoms with E-state index in [2.05, 4.69) is 11.6 Å². The smallest absolute Gasteiger partial charge is 0.354 e. The maximum Gasteiger partial charge on any atom is 0.416 e. The van der Waals surface area contributed by atoms with Gasteiger partial charge in [0.2, 0.25) is 10.0 Å². The Morgan fingerprint density at radius 2 is 1.86 bits per heavy atom. The van der Waals surface area contributed by atoms with Crippen molar-refractivity contribution in [3.63, 3.8) is 0 Å². The maximum absolute atomic E-state index is 12.7. The van der Waals surface area contributed by atoms with Crippen LogP contribution < -0.4 is 4.90 Å². The molecule has 1 saturated heterocycles. The largest absolute Gasteiger partial charge is 0.416 e. The minimum absolute atomic E-state index is 0.187. The summed E-state index contributed by atoms with van der Waals surface area (Å²) in [5.41, 5.74) is -0.770. The van der Waals surface area contributed by atoms with Crippen LogP contribution in [0.15, 0.2) is 30.3 Å². The van der Waals surface area contributed by atoms with Crippen molar-refractivity contribution in [2.24, 2.45) is 0 Å². The van der Waals surface area contributed by atoms with E-state index in [1.807, 2.05) is 0 Å². The number of hydrogen-bond donors (Lipinski definition) is 0. The third-order valence-corrected chi connectivity index (χ3v) is 4.71. The van der Waals surface area contributed by atoms with E-state index in [9.17, 15) is 21.6 Å². The second-order valence-electron chi connectivity index (χ2n) is 4.50. The van der Waals surface area contributed by atoms with Crippen molar-refractivity contribution in [1.82, 2.24) is 9.29 Å². The minimum atomic E-state index is -4.42. The summed E-state index contributed by atoms with van der Waals surface area (Å²) >= 11 is 0. The number of rotatable bonds is 3. The average molecular weight is 321 g/mol. The van der Waals surface area contributed by atoms with Crippen LogP contribution in [0.5, 0.6) is 0 Å². The number of alkyl halides is 3. The standard InChI is InChI=1S/C12H14F3N3O2S/c1-2-21(19,20)18-7-5-17(6-8-18)11-9-10(3-4-16-11)12(13,14)15/h2-4,9H,1,5-8H2. The normalized spacial score (nSPS) is 17.8. The van der Waals surface area contributed by atoms with Crippen LogP contribution in [0.25, 0.3) is 0 Å². The molecule has 0 bridgehead atoms. The fourth-order valence-corrected chi connectivity index (χ4v) is 2.93. The van der Waals surface area contributed by atoms with Gasteiger partial charge < -0.3 is 4.90 Å². The first-order valence-electron chi connectivity index (χ1n) is 6.15. The number of halogens is 3. The van der Waals surface area contributed by atoms with Gasteiger partial charge in [0.15, 0.2) is 0 Å². The highest BCUT2D eigenvalue weighted by molar-refractivity contribution is 7.92. The molecule has 1 aliphatic rings. The third-order valence-electron chi connectivity index (χ3n) is 3.21. The van der Waals surface area contributed by atoms with Gasteiger partial charge in [0.05, 0.1) is 5.56 Å². The van der Waals surface area contributed by atoms with Crippen LogP contribution in [0.2, 0.25) is 0 Å². The molecular weight excluding hydrogens is 307 g/mol. The molecule has 1 aromatic rings. The predicted molar refractivity (Wildman–Crippen MR) is 72.1 cm³/mol. The van der Waals surface area contributed by atoms with Crippen molar-refractivity contribution in [1.29, 1.82) is 0 Å². The lowest BCUT2D eigenvalue weighted by Crippen LogP contribution is -2.48. The van der Waals surface area contributed by atoms with Crippen LogP contribution >= 0.6 is 0 Å². The van der Waals surface area contributed by atoms with E-state index >= 15 is 0 Å². The Morgan fingerprint density at radius 1 is 1.24 bits per heavy atom. The number of aromatic nitrogens is 1. The number of anilines is 1. The molecule has 1 fully saturated rings. The third kappa shape index (κ3) is 3.53. The van der Waals surface area contributed by atoms with Crippen LogP contribution in [-0.2, 0) is 16.2 Å². The van der Waals surface area contributed by atoms with Crippen molar-refractivity contribution >= 4 is 15.8 Å². The SMILES string of the molecule is C=CS(=O)(=O)N1CCN(c2cc(C(F)(F)F)ccn2)CC1. The summed E-state index contributed by atoms with van der Waals surface area (Å²) in [5.74, 6) is 0.195. The monoisotopic (exact) mass is 321 g/mol. The molecule has 1 aliphatic heterocycles. The quantitative estimate of drug-likeness (QED) is 0.850. The van der Waals surface area contributed by atoms with Crippen molar-refractivity contribution in [2.45, 2.75) is 6.18 Å². The van der Waals surface area contributed by atoms with Crippen LogP contribution in [0.3, 0.4) is 0 Å². The zero-order valence-electron chi connectivity index (χ0n) is 11.0. The predicted octanol–water partition coefficient (Wildman–Crippen LogP) is 1.70.